The van der Waals surface area contributed by atoms with Gasteiger partial charge in [-0.15, -0.1) is 0 Å². The first-order valence-electron chi connectivity index (χ1n) is 5.43. The molecule has 0 saturated heterocycles. The van der Waals surface area contributed by atoms with Gasteiger partial charge in [-0.3, -0.25) is 0 Å². The molecule has 0 amide bonds. The molecule has 0 fully saturated rings. The number of benzene rings is 2. The van der Waals surface area contributed by atoms with E-state index in [4.69, 9.17) is 5.26 Å². The van der Waals surface area contributed by atoms with Crippen molar-refractivity contribution in [3.63, 3.8) is 0 Å². The van der Waals surface area contributed by atoms with E-state index in [1.54, 1.807) is 6.07 Å². The maximum atomic E-state index is 13.0. The molecule has 17 heavy (non-hydrogen) atoms. The van der Waals surface area contributed by atoms with Crippen molar-refractivity contribution >= 4 is 0 Å². The second-order valence-electron chi connectivity index (χ2n) is 3.99. The zero-order valence-corrected chi connectivity index (χ0v) is 9.57. The standard InChI is InChI=1S/C15H12FN/c1-11-10-14(16)6-7-15(11)13-4-2-12(3-5-13)8-9-17/h2-7,10H,8H2,1H3. The van der Waals surface area contributed by atoms with E-state index in [1.165, 1.54) is 12.1 Å². The van der Waals surface area contributed by atoms with E-state index in [1.807, 2.05) is 31.2 Å². The maximum Gasteiger partial charge on any atom is 0.123 e. The van der Waals surface area contributed by atoms with Gasteiger partial charge in [0.25, 0.3) is 0 Å². The molecule has 0 radical (unpaired) electrons. The zero-order chi connectivity index (χ0) is 12.3. The second-order valence-corrected chi connectivity index (χ2v) is 3.99. The van der Waals surface area contributed by atoms with Crippen LogP contribution in [0.3, 0.4) is 0 Å². The minimum Gasteiger partial charge on any atom is -0.207 e. The molecule has 2 rings (SSSR count). The van der Waals surface area contributed by atoms with Crippen LogP contribution in [0, 0.1) is 24.1 Å². The molecule has 0 aliphatic rings. The molecule has 0 bridgehead atoms. The number of halogens is 1. The van der Waals surface area contributed by atoms with E-state index in [9.17, 15) is 4.39 Å². The van der Waals surface area contributed by atoms with Crippen LogP contribution in [0.5, 0.6) is 0 Å². The molecule has 0 aliphatic carbocycles. The van der Waals surface area contributed by atoms with E-state index >= 15 is 0 Å². The summed E-state index contributed by atoms with van der Waals surface area (Å²) >= 11 is 0. The smallest absolute Gasteiger partial charge is 0.123 e. The van der Waals surface area contributed by atoms with Gasteiger partial charge in [0.2, 0.25) is 0 Å². The van der Waals surface area contributed by atoms with Crippen LogP contribution < -0.4 is 0 Å². The minimum atomic E-state index is -0.215. The van der Waals surface area contributed by atoms with Crippen molar-refractivity contribution in [1.29, 1.82) is 5.26 Å². The van der Waals surface area contributed by atoms with Gasteiger partial charge >= 0.3 is 0 Å². The van der Waals surface area contributed by atoms with Gasteiger partial charge in [-0.25, -0.2) is 4.39 Å². The van der Waals surface area contributed by atoms with E-state index in [-0.39, 0.29) is 5.82 Å². The average Bonchev–Trinajstić information content (AvgIpc) is 2.31. The molecule has 84 valence electrons. The van der Waals surface area contributed by atoms with Crippen molar-refractivity contribution in [2.45, 2.75) is 13.3 Å². The molecule has 0 spiro atoms. The SMILES string of the molecule is Cc1cc(F)ccc1-c1ccc(CC#N)cc1. The van der Waals surface area contributed by atoms with Gasteiger partial charge in [0, 0.05) is 0 Å². The summed E-state index contributed by atoms with van der Waals surface area (Å²) < 4.78 is 13.0. The number of nitriles is 1. The summed E-state index contributed by atoms with van der Waals surface area (Å²) in [5, 5.41) is 8.59. The Bertz CT molecular complexity index is 564. The van der Waals surface area contributed by atoms with Crippen LogP contribution in [0.15, 0.2) is 42.5 Å². The van der Waals surface area contributed by atoms with Crippen molar-refractivity contribution in [3.8, 4) is 17.2 Å². The first-order valence-corrected chi connectivity index (χ1v) is 5.43. The van der Waals surface area contributed by atoms with Gasteiger partial charge in [-0.05, 0) is 41.3 Å². The largest absolute Gasteiger partial charge is 0.207 e. The molecule has 0 saturated carbocycles. The lowest BCUT2D eigenvalue weighted by Crippen LogP contribution is -1.86. The van der Waals surface area contributed by atoms with Crippen LogP contribution in [-0.2, 0) is 6.42 Å². The molecule has 2 aromatic rings. The third-order valence-electron chi connectivity index (χ3n) is 2.74. The predicted molar refractivity (Wildman–Crippen MR) is 65.9 cm³/mol. The first-order chi connectivity index (χ1) is 8.20. The summed E-state index contributed by atoms with van der Waals surface area (Å²) in [5.41, 5.74) is 3.98. The summed E-state index contributed by atoms with van der Waals surface area (Å²) in [6, 6.07) is 14.7. The maximum absolute atomic E-state index is 13.0. The van der Waals surface area contributed by atoms with E-state index in [0.717, 1.165) is 22.3 Å². The molecule has 1 nitrogen and oxygen atoms in total. The van der Waals surface area contributed by atoms with E-state index in [2.05, 4.69) is 6.07 Å². The third kappa shape index (κ3) is 2.51. The summed E-state index contributed by atoms with van der Waals surface area (Å²) in [5.74, 6) is -0.215. The quantitative estimate of drug-likeness (QED) is 0.761. The Balaban J connectivity index is 2.37. The summed E-state index contributed by atoms with van der Waals surface area (Å²) in [6.45, 7) is 1.89. The highest BCUT2D eigenvalue weighted by atomic mass is 19.1. The minimum absolute atomic E-state index is 0.215. The molecule has 0 atom stereocenters. The Morgan fingerprint density at radius 2 is 1.82 bits per heavy atom. The van der Waals surface area contributed by atoms with Gasteiger partial charge in [0.1, 0.15) is 5.82 Å². The van der Waals surface area contributed by atoms with Gasteiger partial charge in [0.05, 0.1) is 12.5 Å². The number of rotatable bonds is 2. The van der Waals surface area contributed by atoms with Crippen LogP contribution >= 0.6 is 0 Å². The summed E-state index contributed by atoms with van der Waals surface area (Å²) in [6.07, 6.45) is 0.419. The van der Waals surface area contributed by atoms with E-state index < -0.39 is 0 Å². The van der Waals surface area contributed by atoms with Gasteiger partial charge in [-0.1, -0.05) is 30.3 Å². The highest BCUT2D eigenvalue weighted by Crippen LogP contribution is 2.24. The Morgan fingerprint density at radius 1 is 1.12 bits per heavy atom. The van der Waals surface area contributed by atoms with Crippen LogP contribution in [0.2, 0.25) is 0 Å². The Morgan fingerprint density at radius 3 is 2.41 bits per heavy atom. The van der Waals surface area contributed by atoms with Crippen molar-refractivity contribution < 1.29 is 4.39 Å². The first kappa shape index (κ1) is 11.3. The van der Waals surface area contributed by atoms with Gasteiger partial charge in [-0.2, -0.15) is 5.26 Å². The molecule has 2 heteroatoms. The molecule has 0 unspecified atom stereocenters. The van der Waals surface area contributed by atoms with Gasteiger partial charge < -0.3 is 0 Å². The molecular weight excluding hydrogens is 213 g/mol. The average molecular weight is 225 g/mol. The van der Waals surface area contributed by atoms with Crippen LogP contribution in [-0.4, -0.2) is 0 Å². The van der Waals surface area contributed by atoms with Gasteiger partial charge in [0.15, 0.2) is 0 Å². The summed E-state index contributed by atoms with van der Waals surface area (Å²) in [4.78, 5) is 0. The fourth-order valence-electron chi connectivity index (χ4n) is 1.84. The Hall–Kier alpha value is -2.14. The van der Waals surface area contributed by atoms with Crippen molar-refractivity contribution in [1.82, 2.24) is 0 Å². The number of nitrogens with zero attached hydrogens (tertiary/aromatic N) is 1. The summed E-state index contributed by atoms with van der Waals surface area (Å²) in [7, 11) is 0. The lowest BCUT2D eigenvalue weighted by molar-refractivity contribution is 0.627. The highest BCUT2D eigenvalue weighted by molar-refractivity contribution is 5.67. The van der Waals surface area contributed by atoms with Crippen molar-refractivity contribution in [2.75, 3.05) is 0 Å². The lowest BCUT2D eigenvalue weighted by Gasteiger charge is -2.06. The van der Waals surface area contributed by atoms with Crippen molar-refractivity contribution in [2.24, 2.45) is 0 Å². The molecule has 2 aromatic carbocycles. The van der Waals surface area contributed by atoms with Crippen LogP contribution in [0.25, 0.3) is 11.1 Å². The van der Waals surface area contributed by atoms with Crippen LogP contribution in [0.1, 0.15) is 11.1 Å². The van der Waals surface area contributed by atoms with E-state index in [0.29, 0.717) is 6.42 Å². The molecule has 0 heterocycles. The monoisotopic (exact) mass is 225 g/mol. The fraction of sp³-hybridized carbons (Fsp3) is 0.133. The number of hydrogen-bond acceptors (Lipinski definition) is 1. The second kappa shape index (κ2) is 4.80. The molecule has 0 aromatic heterocycles. The van der Waals surface area contributed by atoms with Crippen molar-refractivity contribution in [3.05, 3.63) is 59.4 Å². The number of hydrogen-bond donors (Lipinski definition) is 0. The normalized spacial score (nSPS) is 9.94. The fourth-order valence-corrected chi connectivity index (χ4v) is 1.84. The lowest BCUT2D eigenvalue weighted by atomic mass is 9.99. The Labute approximate surface area is 100 Å². The Kier molecular flexibility index (Phi) is 3.20. The number of aryl methyl sites for hydroxylation is 1. The topological polar surface area (TPSA) is 23.8 Å². The molecule has 0 N–H and O–H groups in total. The third-order valence-corrected chi connectivity index (χ3v) is 2.74. The molecular formula is C15H12FN. The van der Waals surface area contributed by atoms with Crippen LogP contribution in [0.4, 0.5) is 4.39 Å². The molecule has 0 aliphatic heterocycles. The predicted octanol–water partition coefficient (Wildman–Crippen LogP) is 3.87. The zero-order valence-electron chi connectivity index (χ0n) is 9.57. The highest BCUT2D eigenvalue weighted by Gasteiger charge is 2.03.